The maximum absolute atomic E-state index is 13.7. The van der Waals surface area contributed by atoms with Crippen LogP contribution in [0.15, 0.2) is 72.8 Å². The van der Waals surface area contributed by atoms with Gasteiger partial charge in [-0.15, -0.1) is 0 Å². The first-order valence-corrected chi connectivity index (χ1v) is 12.0. The number of carbonyl (C=O) groups is 2. The summed E-state index contributed by atoms with van der Waals surface area (Å²) in [5, 5.41) is 0. The molecule has 3 aromatic carbocycles. The first-order chi connectivity index (χ1) is 17.2. The van der Waals surface area contributed by atoms with E-state index < -0.39 is 6.04 Å². The molecule has 6 rings (SSSR count). The minimum atomic E-state index is -0.513. The van der Waals surface area contributed by atoms with Crippen molar-refractivity contribution < 1.29 is 19.1 Å². The second-order valence-electron chi connectivity index (χ2n) is 9.18. The second kappa shape index (κ2) is 9.07. The molecule has 1 fully saturated rings. The molecule has 1 atom stereocenters. The number of fused-ring (bicyclic) bond motifs is 2. The van der Waals surface area contributed by atoms with Crippen molar-refractivity contribution in [2.45, 2.75) is 19.0 Å². The number of ether oxygens (including phenoxy) is 2. The Morgan fingerprint density at radius 3 is 2.40 bits per heavy atom. The van der Waals surface area contributed by atoms with Crippen molar-refractivity contribution in [3.8, 4) is 11.5 Å². The quantitative estimate of drug-likeness (QED) is 0.587. The molecule has 0 spiro atoms. The van der Waals surface area contributed by atoms with Crippen LogP contribution in [0.2, 0.25) is 0 Å². The third kappa shape index (κ3) is 4.12. The minimum absolute atomic E-state index is 0.0215. The molecular weight excluding hydrogens is 442 g/mol. The Bertz CT molecular complexity index is 1250. The first-order valence-electron chi connectivity index (χ1n) is 12.0. The highest BCUT2D eigenvalue weighted by atomic mass is 16.7. The molecule has 0 radical (unpaired) electrons. The van der Waals surface area contributed by atoms with Gasteiger partial charge < -0.3 is 14.4 Å². The van der Waals surface area contributed by atoms with Gasteiger partial charge in [-0.25, -0.2) is 0 Å². The molecule has 3 aromatic rings. The van der Waals surface area contributed by atoms with Crippen LogP contribution in [-0.2, 0) is 17.8 Å². The monoisotopic (exact) mass is 469 g/mol. The van der Waals surface area contributed by atoms with E-state index in [2.05, 4.69) is 11.0 Å². The van der Waals surface area contributed by atoms with Gasteiger partial charge in [-0.05, 0) is 41.5 Å². The van der Waals surface area contributed by atoms with Crippen LogP contribution in [0.25, 0.3) is 0 Å². The van der Waals surface area contributed by atoms with Gasteiger partial charge in [0.1, 0.15) is 6.04 Å². The van der Waals surface area contributed by atoms with Crippen LogP contribution in [0.5, 0.6) is 11.5 Å². The van der Waals surface area contributed by atoms with E-state index in [0.717, 1.165) is 42.4 Å². The summed E-state index contributed by atoms with van der Waals surface area (Å²) in [6, 6.07) is 22.6. The van der Waals surface area contributed by atoms with Crippen molar-refractivity contribution in [3.63, 3.8) is 0 Å². The average molecular weight is 470 g/mol. The van der Waals surface area contributed by atoms with E-state index in [1.807, 2.05) is 59.5 Å². The summed E-state index contributed by atoms with van der Waals surface area (Å²) in [5.74, 6) is 1.47. The van der Waals surface area contributed by atoms with Gasteiger partial charge in [-0.3, -0.25) is 19.4 Å². The molecule has 0 saturated carbocycles. The van der Waals surface area contributed by atoms with Gasteiger partial charge in [-0.1, -0.05) is 42.5 Å². The van der Waals surface area contributed by atoms with Crippen LogP contribution >= 0.6 is 0 Å². The van der Waals surface area contributed by atoms with E-state index in [-0.39, 0.29) is 18.6 Å². The van der Waals surface area contributed by atoms with Gasteiger partial charge in [0.2, 0.25) is 12.7 Å². The average Bonchev–Trinajstić information content (AvgIpc) is 3.53. The molecule has 3 aliphatic rings. The van der Waals surface area contributed by atoms with E-state index in [9.17, 15) is 9.59 Å². The number of piperazine rings is 1. The Balaban J connectivity index is 1.14. The fraction of sp³-hybridized carbons (Fsp3) is 0.286. The lowest BCUT2D eigenvalue weighted by molar-refractivity contribution is -0.134. The first kappa shape index (κ1) is 21.7. The zero-order valence-electron chi connectivity index (χ0n) is 19.4. The van der Waals surface area contributed by atoms with Crippen molar-refractivity contribution in [2.75, 3.05) is 37.9 Å². The molecule has 178 valence electrons. The molecule has 3 aliphatic heterocycles. The van der Waals surface area contributed by atoms with E-state index in [1.54, 1.807) is 17.0 Å². The van der Waals surface area contributed by atoms with Crippen molar-refractivity contribution in [1.29, 1.82) is 0 Å². The zero-order chi connectivity index (χ0) is 23.8. The number of nitrogens with zero attached hydrogens (tertiary/aromatic N) is 3. The lowest BCUT2D eigenvalue weighted by atomic mass is 10.1. The normalized spacial score (nSPS) is 19.0. The summed E-state index contributed by atoms with van der Waals surface area (Å²) in [6.45, 7) is 3.92. The van der Waals surface area contributed by atoms with Crippen LogP contribution < -0.4 is 14.4 Å². The third-order valence-electron chi connectivity index (χ3n) is 7.03. The maximum atomic E-state index is 13.7. The molecule has 35 heavy (non-hydrogen) atoms. The molecule has 1 saturated heterocycles. The van der Waals surface area contributed by atoms with E-state index >= 15 is 0 Å². The van der Waals surface area contributed by atoms with Crippen molar-refractivity contribution in [1.82, 2.24) is 9.80 Å². The fourth-order valence-electron chi connectivity index (χ4n) is 5.19. The number of hydrogen-bond donors (Lipinski definition) is 0. The SMILES string of the molecule is O=C([C@H]1Cc2ccccc2N1C(=O)c1ccccc1)N1CCN(Cc2ccc3c(c2)OCO3)CC1. The van der Waals surface area contributed by atoms with Gasteiger partial charge >= 0.3 is 0 Å². The second-order valence-corrected chi connectivity index (χ2v) is 9.18. The van der Waals surface area contributed by atoms with Crippen LogP contribution in [0.3, 0.4) is 0 Å². The number of hydrogen-bond acceptors (Lipinski definition) is 5. The Hall–Kier alpha value is -3.84. The lowest BCUT2D eigenvalue weighted by Crippen LogP contribution is -2.55. The van der Waals surface area contributed by atoms with E-state index in [1.165, 1.54) is 5.56 Å². The molecule has 0 bridgehead atoms. The molecule has 7 heteroatoms. The Morgan fingerprint density at radius 2 is 1.57 bits per heavy atom. The summed E-state index contributed by atoms with van der Waals surface area (Å²) in [5.41, 5.74) is 3.63. The van der Waals surface area contributed by atoms with E-state index in [0.29, 0.717) is 25.1 Å². The molecule has 0 N–H and O–H groups in total. The van der Waals surface area contributed by atoms with Crippen molar-refractivity contribution in [3.05, 3.63) is 89.5 Å². The third-order valence-corrected chi connectivity index (χ3v) is 7.03. The number of rotatable bonds is 4. The molecule has 0 aliphatic carbocycles. The van der Waals surface area contributed by atoms with Gasteiger partial charge in [0.05, 0.1) is 0 Å². The zero-order valence-corrected chi connectivity index (χ0v) is 19.4. The Morgan fingerprint density at radius 1 is 0.829 bits per heavy atom. The van der Waals surface area contributed by atoms with Crippen LogP contribution in [0.4, 0.5) is 5.69 Å². The molecule has 3 heterocycles. The molecule has 0 unspecified atom stereocenters. The molecular formula is C28H27N3O4. The number of amides is 2. The highest BCUT2D eigenvalue weighted by Gasteiger charge is 2.41. The van der Waals surface area contributed by atoms with Crippen molar-refractivity contribution in [2.24, 2.45) is 0 Å². The smallest absolute Gasteiger partial charge is 0.259 e. The molecule has 0 aromatic heterocycles. The number of anilines is 1. The van der Waals surface area contributed by atoms with Gasteiger partial charge in [-0.2, -0.15) is 0 Å². The lowest BCUT2D eigenvalue weighted by Gasteiger charge is -2.37. The summed E-state index contributed by atoms with van der Waals surface area (Å²) in [4.78, 5) is 33.1. The van der Waals surface area contributed by atoms with E-state index in [4.69, 9.17) is 9.47 Å². The minimum Gasteiger partial charge on any atom is -0.454 e. The van der Waals surface area contributed by atoms with Gasteiger partial charge in [0, 0.05) is 50.4 Å². The summed E-state index contributed by atoms with van der Waals surface area (Å²) < 4.78 is 10.9. The molecule has 7 nitrogen and oxygen atoms in total. The van der Waals surface area contributed by atoms with Crippen molar-refractivity contribution >= 4 is 17.5 Å². The number of benzene rings is 3. The Labute approximate surface area is 204 Å². The summed E-state index contributed by atoms with van der Waals surface area (Å²) in [7, 11) is 0. The van der Waals surface area contributed by atoms with Crippen LogP contribution in [0, 0.1) is 0 Å². The number of para-hydroxylation sites is 1. The number of carbonyl (C=O) groups excluding carboxylic acids is 2. The standard InChI is InChI=1S/C28H27N3O4/c32-27(21-6-2-1-3-7-21)31-23-9-5-4-8-22(23)17-24(31)28(33)30-14-12-29(13-15-30)18-20-10-11-25-26(16-20)35-19-34-25/h1-11,16,24H,12-15,17-19H2/t24-/m1/s1. The topological polar surface area (TPSA) is 62.3 Å². The highest BCUT2D eigenvalue weighted by Crippen LogP contribution is 2.35. The maximum Gasteiger partial charge on any atom is 0.259 e. The highest BCUT2D eigenvalue weighted by molar-refractivity contribution is 6.11. The van der Waals surface area contributed by atoms with Crippen LogP contribution in [-0.4, -0.2) is 60.6 Å². The predicted molar refractivity (Wildman–Crippen MR) is 132 cm³/mol. The fourth-order valence-corrected chi connectivity index (χ4v) is 5.19. The summed E-state index contributed by atoms with van der Waals surface area (Å²) in [6.07, 6.45) is 0.547. The largest absolute Gasteiger partial charge is 0.454 e. The van der Waals surface area contributed by atoms with Gasteiger partial charge in [0.15, 0.2) is 11.5 Å². The Kier molecular flexibility index (Phi) is 5.62. The molecule has 2 amide bonds. The summed E-state index contributed by atoms with van der Waals surface area (Å²) >= 11 is 0. The van der Waals surface area contributed by atoms with Gasteiger partial charge in [0.25, 0.3) is 5.91 Å². The predicted octanol–water partition coefficient (Wildman–Crippen LogP) is 3.33. The van der Waals surface area contributed by atoms with Crippen LogP contribution in [0.1, 0.15) is 21.5 Å².